The molecule has 6 nitrogen and oxygen atoms in total. The molecule has 2 aliphatic heterocycles. The first-order valence-electron chi connectivity index (χ1n) is 23.3. The van der Waals surface area contributed by atoms with E-state index >= 15 is 0 Å². The molecule has 15 rings (SSSR count). The molecule has 11 aromatic carbocycles. The molecular weight excluding hydrogens is 848 g/mol. The van der Waals surface area contributed by atoms with Crippen LogP contribution in [0.15, 0.2) is 233 Å². The molecule has 13 aromatic rings. The fourth-order valence-corrected chi connectivity index (χ4v) is 11.2. The Kier molecular flexibility index (Phi) is 8.06. The normalized spacial score (nSPS) is 12.6. The number of rotatable bonds is 6. The van der Waals surface area contributed by atoms with Crippen LogP contribution in [0, 0.1) is 0 Å². The average Bonchev–Trinajstić information content (AvgIpc) is 3.97. The Labute approximate surface area is 396 Å². The minimum atomic E-state index is -0.212. The van der Waals surface area contributed by atoms with E-state index in [-0.39, 0.29) is 6.71 Å². The van der Waals surface area contributed by atoms with Gasteiger partial charge in [0.1, 0.15) is 45.3 Å². The summed E-state index contributed by atoms with van der Waals surface area (Å²) < 4.78 is 27.2. The number of benzene rings is 11. The SMILES string of the molecule is c1ccc(N(c2ccc3c(c2)oc2ccccc23)c2cc3c(c4ccccc24)B2c4c(cccc4Oc4cc(N(c5ccccc5)c5ccc6c(c5)oc5ccccc56)c5ccccc5c42)O3)cc1. The molecule has 0 aliphatic carbocycles. The van der Waals surface area contributed by atoms with E-state index in [1.54, 1.807) is 0 Å². The minimum absolute atomic E-state index is 0.212. The van der Waals surface area contributed by atoms with Gasteiger partial charge in [0.25, 0.3) is 6.71 Å². The Hall–Kier alpha value is -9.20. The summed E-state index contributed by atoms with van der Waals surface area (Å²) in [6, 6.07) is 78.8. The van der Waals surface area contributed by atoms with Crippen molar-refractivity contribution in [3.63, 3.8) is 0 Å². The average molecular weight is 885 g/mol. The van der Waals surface area contributed by atoms with Gasteiger partial charge in [-0.1, -0.05) is 127 Å². The summed E-state index contributed by atoms with van der Waals surface area (Å²) in [4.78, 5) is 4.65. The summed E-state index contributed by atoms with van der Waals surface area (Å²) in [6.45, 7) is -0.212. The van der Waals surface area contributed by atoms with E-state index in [2.05, 4.69) is 204 Å². The number of anilines is 6. The second-order valence-corrected chi connectivity index (χ2v) is 17.9. The molecule has 0 unspecified atom stereocenters. The lowest BCUT2D eigenvalue weighted by Gasteiger charge is -2.36. The zero-order chi connectivity index (χ0) is 45.2. The molecule has 4 heterocycles. The third kappa shape index (κ3) is 5.68. The highest BCUT2D eigenvalue weighted by atomic mass is 16.5. The van der Waals surface area contributed by atoms with Crippen molar-refractivity contribution in [2.24, 2.45) is 0 Å². The highest BCUT2D eigenvalue weighted by molar-refractivity contribution is 7.01. The number of nitrogens with zero attached hydrogens (tertiary/aromatic N) is 2. The monoisotopic (exact) mass is 884 g/mol. The van der Waals surface area contributed by atoms with Crippen LogP contribution in [0.5, 0.6) is 23.0 Å². The van der Waals surface area contributed by atoms with Gasteiger partial charge >= 0.3 is 0 Å². The lowest BCUT2D eigenvalue weighted by Crippen LogP contribution is -2.58. The molecule has 0 fully saturated rings. The van der Waals surface area contributed by atoms with Crippen molar-refractivity contribution >= 4 is 123 Å². The van der Waals surface area contributed by atoms with Gasteiger partial charge in [-0.15, -0.1) is 0 Å². The smallest absolute Gasteiger partial charge is 0.262 e. The van der Waals surface area contributed by atoms with E-state index in [1.807, 2.05) is 30.3 Å². The topological polar surface area (TPSA) is 51.2 Å². The van der Waals surface area contributed by atoms with Crippen LogP contribution in [-0.2, 0) is 0 Å². The zero-order valence-corrected chi connectivity index (χ0v) is 37.0. The summed E-state index contributed by atoms with van der Waals surface area (Å²) in [5, 5.41) is 8.77. The second-order valence-electron chi connectivity index (χ2n) is 17.9. The highest BCUT2D eigenvalue weighted by Crippen LogP contribution is 2.48. The third-order valence-corrected chi connectivity index (χ3v) is 14.1. The molecule has 0 amide bonds. The number of ether oxygens (including phenoxy) is 2. The minimum Gasteiger partial charge on any atom is -0.458 e. The van der Waals surface area contributed by atoms with Crippen molar-refractivity contribution in [3.8, 4) is 23.0 Å². The van der Waals surface area contributed by atoms with Crippen molar-refractivity contribution in [2.75, 3.05) is 9.80 Å². The number of fused-ring (bicyclic) bond motifs is 14. The van der Waals surface area contributed by atoms with Crippen LogP contribution in [0.2, 0.25) is 0 Å². The lowest BCUT2D eigenvalue weighted by molar-refractivity contribution is 0.465. The van der Waals surface area contributed by atoms with Gasteiger partial charge in [-0.05, 0) is 94.5 Å². The largest absolute Gasteiger partial charge is 0.458 e. The van der Waals surface area contributed by atoms with Crippen LogP contribution < -0.4 is 35.7 Å². The standard InChI is InChI=1S/C62H37BN2O4/c1-3-16-38(17-4-1)64(40-30-32-46-44-22-11-13-26-52(44)66-56(46)34-40)50-36-58-60(48-24-9-7-20-42(48)50)63-61-49-25-10-8-21-43(49)51(37-59(61)69-55-29-15-28-54(68-58)62(55)63)65(39-18-5-2-6-19-39)41-31-33-47-45-23-12-14-27-53(45)67-57(47)35-41/h1-37H. The Balaban J connectivity index is 0.958. The maximum Gasteiger partial charge on any atom is 0.262 e. The predicted octanol–water partition coefficient (Wildman–Crippen LogP) is 15.5. The van der Waals surface area contributed by atoms with Crippen LogP contribution >= 0.6 is 0 Å². The molecule has 2 aliphatic rings. The second kappa shape index (κ2) is 14.7. The molecule has 0 spiro atoms. The first kappa shape index (κ1) is 38.0. The van der Waals surface area contributed by atoms with E-state index < -0.39 is 0 Å². The first-order valence-corrected chi connectivity index (χ1v) is 23.3. The number of para-hydroxylation sites is 4. The van der Waals surface area contributed by atoms with Crippen LogP contribution in [0.3, 0.4) is 0 Å². The van der Waals surface area contributed by atoms with Crippen LogP contribution in [-0.4, -0.2) is 6.71 Å². The maximum absolute atomic E-state index is 7.12. The van der Waals surface area contributed by atoms with E-state index in [1.165, 1.54) is 0 Å². The van der Waals surface area contributed by atoms with Crippen LogP contribution in [0.4, 0.5) is 34.1 Å². The molecule has 0 saturated carbocycles. The quantitative estimate of drug-likeness (QED) is 0.155. The highest BCUT2D eigenvalue weighted by Gasteiger charge is 2.43. The molecule has 69 heavy (non-hydrogen) atoms. The van der Waals surface area contributed by atoms with Gasteiger partial charge < -0.3 is 28.1 Å². The van der Waals surface area contributed by atoms with Gasteiger partial charge in [0.05, 0.1) is 11.4 Å². The van der Waals surface area contributed by atoms with Crippen LogP contribution in [0.1, 0.15) is 0 Å². The predicted molar refractivity (Wildman–Crippen MR) is 283 cm³/mol. The number of hydrogen-bond acceptors (Lipinski definition) is 6. The van der Waals surface area contributed by atoms with E-state index in [0.29, 0.717) is 0 Å². The van der Waals surface area contributed by atoms with Gasteiger partial charge in [0.15, 0.2) is 0 Å². The molecule has 322 valence electrons. The zero-order valence-electron chi connectivity index (χ0n) is 37.0. The fourth-order valence-electron chi connectivity index (χ4n) is 11.2. The van der Waals surface area contributed by atoms with Crippen molar-refractivity contribution in [3.05, 3.63) is 224 Å². The van der Waals surface area contributed by atoms with Gasteiger partial charge in [0, 0.05) is 84.8 Å². The van der Waals surface area contributed by atoms with Gasteiger partial charge in [-0.25, -0.2) is 0 Å². The molecular formula is C62H37BN2O4. The Morgan fingerprint density at radius 1 is 0.261 bits per heavy atom. The summed E-state index contributed by atoms with van der Waals surface area (Å²) in [7, 11) is 0. The summed E-state index contributed by atoms with van der Waals surface area (Å²) in [5.41, 5.74) is 12.6. The fraction of sp³-hybridized carbons (Fsp3) is 0. The van der Waals surface area contributed by atoms with Crippen molar-refractivity contribution in [1.82, 2.24) is 0 Å². The van der Waals surface area contributed by atoms with Crippen molar-refractivity contribution < 1.29 is 18.3 Å². The van der Waals surface area contributed by atoms with Gasteiger partial charge in [-0.2, -0.15) is 0 Å². The van der Waals surface area contributed by atoms with Gasteiger partial charge in [-0.3, -0.25) is 0 Å². The molecule has 0 atom stereocenters. The maximum atomic E-state index is 7.12. The number of hydrogen-bond donors (Lipinski definition) is 0. The summed E-state index contributed by atoms with van der Waals surface area (Å²) in [5.74, 6) is 3.17. The Morgan fingerprint density at radius 2 is 0.652 bits per heavy atom. The van der Waals surface area contributed by atoms with Gasteiger partial charge in [0.2, 0.25) is 0 Å². The van der Waals surface area contributed by atoms with Crippen LogP contribution in [0.25, 0.3) is 65.4 Å². The Bertz CT molecular complexity index is 3970. The molecule has 0 saturated heterocycles. The van der Waals surface area contributed by atoms with E-state index in [9.17, 15) is 0 Å². The van der Waals surface area contributed by atoms with Crippen molar-refractivity contribution in [2.45, 2.75) is 0 Å². The lowest BCUT2D eigenvalue weighted by atomic mass is 9.33. The molecule has 0 bridgehead atoms. The molecule has 7 heteroatoms. The van der Waals surface area contributed by atoms with E-state index in [0.717, 1.165) is 139 Å². The number of furan rings is 2. The molecule has 0 N–H and O–H groups in total. The molecule has 2 aromatic heterocycles. The van der Waals surface area contributed by atoms with E-state index in [4.69, 9.17) is 18.3 Å². The summed E-state index contributed by atoms with van der Waals surface area (Å²) in [6.07, 6.45) is 0. The molecule has 0 radical (unpaired) electrons. The summed E-state index contributed by atoms with van der Waals surface area (Å²) >= 11 is 0. The third-order valence-electron chi connectivity index (χ3n) is 14.1. The van der Waals surface area contributed by atoms with Crippen molar-refractivity contribution in [1.29, 1.82) is 0 Å². The first-order chi connectivity index (χ1) is 34.2. The Morgan fingerprint density at radius 3 is 1.12 bits per heavy atom.